The first-order valence-electron chi connectivity index (χ1n) is 10.4. The van der Waals surface area contributed by atoms with Crippen LogP contribution in [0.15, 0.2) is 71.6 Å². The number of amides is 1. The molecule has 1 aliphatic heterocycles. The summed E-state index contributed by atoms with van der Waals surface area (Å²) in [5.41, 5.74) is 0.550. The maximum atomic E-state index is 13.3. The van der Waals surface area contributed by atoms with Crippen LogP contribution >= 0.6 is 23.2 Å². The van der Waals surface area contributed by atoms with E-state index in [1.807, 2.05) is 0 Å². The van der Waals surface area contributed by atoms with E-state index in [0.29, 0.717) is 12.8 Å². The van der Waals surface area contributed by atoms with E-state index in [-0.39, 0.29) is 38.3 Å². The zero-order valence-electron chi connectivity index (χ0n) is 17.7. The van der Waals surface area contributed by atoms with Gasteiger partial charge in [0, 0.05) is 22.7 Å². The van der Waals surface area contributed by atoms with Gasteiger partial charge in [0.05, 0.1) is 15.6 Å². The molecule has 3 aromatic rings. The van der Waals surface area contributed by atoms with E-state index in [1.54, 1.807) is 24.3 Å². The van der Waals surface area contributed by atoms with Crippen molar-refractivity contribution >= 4 is 50.6 Å². The highest BCUT2D eigenvalue weighted by molar-refractivity contribution is 7.89. The van der Waals surface area contributed by atoms with Gasteiger partial charge in [-0.2, -0.15) is 4.31 Å². The molecule has 1 saturated heterocycles. The lowest BCUT2D eigenvalue weighted by molar-refractivity contribution is -0.119. The maximum absolute atomic E-state index is 13.3. The molecule has 0 radical (unpaired) electrons. The lowest BCUT2D eigenvalue weighted by atomic mass is 10.0. The van der Waals surface area contributed by atoms with Gasteiger partial charge in [-0.25, -0.2) is 12.8 Å². The molecule has 10 heteroatoms. The Bertz CT molecular complexity index is 1360. The second-order valence-electron chi connectivity index (χ2n) is 7.72. The smallest absolute Gasteiger partial charge is 0.243 e. The number of hydrogen-bond acceptors (Lipinski definition) is 4. The van der Waals surface area contributed by atoms with Crippen LogP contribution in [0.1, 0.15) is 28.8 Å². The zero-order chi connectivity index (χ0) is 24.5. The third-order valence-corrected chi connectivity index (χ3v) is 8.02. The summed E-state index contributed by atoms with van der Waals surface area (Å²) >= 11 is 12.3. The van der Waals surface area contributed by atoms with Gasteiger partial charge in [-0.05, 0) is 67.4 Å². The Labute approximate surface area is 206 Å². The summed E-state index contributed by atoms with van der Waals surface area (Å²) in [7, 11) is -4.02. The summed E-state index contributed by atoms with van der Waals surface area (Å²) in [6.45, 7) is 0.143. The highest BCUT2D eigenvalue weighted by Crippen LogP contribution is 2.30. The van der Waals surface area contributed by atoms with Crippen molar-refractivity contribution in [2.45, 2.75) is 23.8 Å². The average molecular weight is 521 g/mol. The number of anilines is 1. The predicted octanol–water partition coefficient (Wildman–Crippen LogP) is 5.16. The van der Waals surface area contributed by atoms with E-state index in [0.717, 1.165) is 28.6 Å². The first kappa shape index (κ1) is 24.3. The second-order valence-corrected chi connectivity index (χ2v) is 10.5. The summed E-state index contributed by atoms with van der Waals surface area (Å²) in [6.07, 6.45) is 0.776. The van der Waals surface area contributed by atoms with Crippen LogP contribution in [-0.4, -0.2) is 37.0 Å². The zero-order valence-corrected chi connectivity index (χ0v) is 20.0. The number of rotatable bonds is 6. The van der Waals surface area contributed by atoms with E-state index < -0.39 is 33.6 Å². The molecule has 1 aliphatic rings. The number of carbonyl (C=O) groups is 2. The molecule has 1 heterocycles. The Balaban J connectivity index is 1.62. The summed E-state index contributed by atoms with van der Waals surface area (Å²) in [5, 5.41) is 3.22. The molecule has 1 fully saturated rings. The van der Waals surface area contributed by atoms with Gasteiger partial charge in [-0.15, -0.1) is 0 Å². The molecule has 1 N–H and O–H groups in total. The van der Waals surface area contributed by atoms with Gasteiger partial charge in [-0.3, -0.25) is 9.59 Å². The summed E-state index contributed by atoms with van der Waals surface area (Å²) in [5.74, 6) is -1.59. The highest BCUT2D eigenvalue weighted by atomic mass is 35.5. The first-order chi connectivity index (χ1) is 16.2. The SMILES string of the molecule is O=C(c1ccccc1Cl)c1cc(Cl)ccc1NC(=O)C1CCCN1S(=O)(=O)c1ccc(F)cc1. The molecule has 0 spiro atoms. The minimum Gasteiger partial charge on any atom is -0.324 e. The highest BCUT2D eigenvalue weighted by Gasteiger charge is 2.39. The first-order valence-corrected chi connectivity index (χ1v) is 12.5. The number of benzene rings is 3. The van der Waals surface area contributed by atoms with E-state index in [1.165, 1.54) is 18.2 Å². The van der Waals surface area contributed by atoms with Crippen LogP contribution in [0.4, 0.5) is 10.1 Å². The maximum Gasteiger partial charge on any atom is 0.243 e. The van der Waals surface area contributed by atoms with Crippen molar-refractivity contribution in [1.29, 1.82) is 0 Å². The number of nitrogens with zero attached hydrogens (tertiary/aromatic N) is 1. The van der Waals surface area contributed by atoms with Crippen molar-refractivity contribution in [1.82, 2.24) is 4.31 Å². The fourth-order valence-corrected chi connectivity index (χ4v) is 5.90. The van der Waals surface area contributed by atoms with Gasteiger partial charge in [-0.1, -0.05) is 35.3 Å². The lowest BCUT2D eigenvalue weighted by Crippen LogP contribution is -2.43. The number of sulfonamides is 1. The fraction of sp³-hybridized carbons (Fsp3) is 0.167. The number of hydrogen-bond donors (Lipinski definition) is 1. The number of ketones is 1. The monoisotopic (exact) mass is 520 g/mol. The van der Waals surface area contributed by atoms with E-state index in [9.17, 15) is 22.4 Å². The van der Waals surface area contributed by atoms with Crippen LogP contribution in [0.3, 0.4) is 0 Å². The Morgan fingerprint density at radius 2 is 1.68 bits per heavy atom. The standard InChI is InChI=1S/C24H19Cl2FN2O4S/c25-15-7-12-21(19(14-15)23(30)18-4-1-2-5-20(18)26)28-24(31)22-6-3-13-29(22)34(32,33)17-10-8-16(27)9-11-17/h1-2,4-5,7-12,14,22H,3,6,13H2,(H,28,31). The molecule has 6 nitrogen and oxygen atoms in total. The Morgan fingerprint density at radius 1 is 0.971 bits per heavy atom. The molecule has 34 heavy (non-hydrogen) atoms. The molecule has 0 aromatic heterocycles. The predicted molar refractivity (Wildman–Crippen MR) is 128 cm³/mol. The molecule has 1 unspecified atom stereocenters. The fourth-order valence-electron chi connectivity index (χ4n) is 3.85. The molecule has 0 bridgehead atoms. The minimum absolute atomic E-state index is 0.102. The van der Waals surface area contributed by atoms with Crippen molar-refractivity contribution in [3.63, 3.8) is 0 Å². The van der Waals surface area contributed by atoms with Gasteiger partial charge >= 0.3 is 0 Å². The molecule has 0 saturated carbocycles. The van der Waals surface area contributed by atoms with Gasteiger partial charge in [0.1, 0.15) is 11.9 Å². The lowest BCUT2D eigenvalue weighted by Gasteiger charge is -2.24. The molecule has 1 atom stereocenters. The Kier molecular flexibility index (Phi) is 7.04. The van der Waals surface area contributed by atoms with Crippen LogP contribution in [-0.2, 0) is 14.8 Å². The van der Waals surface area contributed by atoms with Gasteiger partial charge in [0.25, 0.3) is 0 Å². The summed E-state index contributed by atoms with van der Waals surface area (Å²) in [4.78, 5) is 26.2. The van der Waals surface area contributed by atoms with Crippen LogP contribution < -0.4 is 5.32 Å². The molecule has 0 aliphatic carbocycles. The van der Waals surface area contributed by atoms with E-state index in [4.69, 9.17) is 23.2 Å². The van der Waals surface area contributed by atoms with E-state index >= 15 is 0 Å². The summed E-state index contributed by atoms with van der Waals surface area (Å²) in [6, 6.07) is 14.4. The normalized spacial score (nSPS) is 16.4. The van der Waals surface area contributed by atoms with Crippen LogP contribution in [0.2, 0.25) is 10.0 Å². The third kappa shape index (κ3) is 4.86. The van der Waals surface area contributed by atoms with Crippen molar-refractivity contribution in [2.75, 3.05) is 11.9 Å². The topological polar surface area (TPSA) is 83.6 Å². The number of halogens is 3. The van der Waals surface area contributed by atoms with Gasteiger partial charge in [0.15, 0.2) is 5.78 Å². The van der Waals surface area contributed by atoms with Crippen LogP contribution in [0.25, 0.3) is 0 Å². The van der Waals surface area contributed by atoms with Crippen molar-refractivity contribution < 1.29 is 22.4 Å². The van der Waals surface area contributed by atoms with Crippen molar-refractivity contribution in [2.24, 2.45) is 0 Å². The Hall–Kier alpha value is -2.78. The third-order valence-electron chi connectivity index (χ3n) is 5.53. The molecule has 176 valence electrons. The molecule has 3 aromatic carbocycles. The average Bonchev–Trinajstić information content (AvgIpc) is 3.32. The van der Waals surface area contributed by atoms with Crippen LogP contribution in [0.5, 0.6) is 0 Å². The summed E-state index contributed by atoms with van der Waals surface area (Å²) < 4.78 is 40.5. The van der Waals surface area contributed by atoms with Crippen LogP contribution in [0, 0.1) is 5.82 Å². The van der Waals surface area contributed by atoms with Crippen molar-refractivity contribution in [3.8, 4) is 0 Å². The second kappa shape index (κ2) is 9.84. The number of carbonyl (C=O) groups excluding carboxylic acids is 2. The largest absolute Gasteiger partial charge is 0.324 e. The molecular weight excluding hydrogens is 502 g/mol. The quantitative estimate of drug-likeness (QED) is 0.455. The minimum atomic E-state index is -4.02. The van der Waals surface area contributed by atoms with Gasteiger partial charge in [0.2, 0.25) is 15.9 Å². The van der Waals surface area contributed by atoms with Gasteiger partial charge < -0.3 is 5.32 Å². The Morgan fingerprint density at radius 3 is 2.38 bits per heavy atom. The van der Waals surface area contributed by atoms with E-state index in [2.05, 4.69) is 5.32 Å². The molecular formula is C24H19Cl2FN2O4S. The molecule has 4 rings (SSSR count). The van der Waals surface area contributed by atoms with Crippen molar-refractivity contribution in [3.05, 3.63) is 93.7 Å². The number of nitrogens with one attached hydrogen (secondary N) is 1. The molecule has 1 amide bonds.